The smallest absolute Gasteiger partial charge is 0.376 e. The van der Waals surface area contributed by atoms with Crippen LogP contribution in [0.5, 0.6) is 0 Å². The van der Waals surface area contributed by atoms with Crippen LogP contribution in [0, 0.1) is 26.2 Å². The van der Waals surface area contributed by atoms with Crippen molar-refractivity contribution in [2.75, 3.05) is 6.61 Å². The van der Waals surface area contributed by atoms with E-state index >= 15 is 0 Å². The fourth-order valence-electron chi connectivity index (χ4n) is 2.99. The van der Waals surface area contributed by atoms with Crippen molar-refractivity contribution in [1.82, 2.24) is 0 Å². The molecule has 0 aliphatic carbocycles. The first kappa shape index (κ1) is 21.1. The van der Waals surface area contributed by atoms with E-state index in [1.807, 2.05) is 39.8 Å². The molecule has 0 heterocycles. The third-order valence-corrected chi connectivity index (χ3v) is 6.65. The van der Waals surface area contributed by atoms with Crippen LogP contribution in [-0.4, -0.2) is 17.8 Å². The number of carbonyl (C=O) groups excluding carboxylic acids is 2. The van der Waals surface area contributed by atoms with E-state index in [-0.39, 0.29) is 17.3 Å². The summed E-state index contributed by atoms with van der Waals surface area (Å²) in [5.41, 5.74) is 0.840. The zero-order chi connectivity index (χ0) is 20.4. The molecule has 1 atom stereocenters. The van der Waals surface area contributed by atoms with Gasteiger partial charge in [0.05, 0.1) is 6.61 Å². The molecule has 4 nitrogen and oxygen atoms in total. The molecule has 0 radical (unpaired) electrons. The summed E-state index contributed by atoms with van der Waals surface area (Å²) in [6, 6.07) is 11.9. The van der Waals surface area contributed by atoms with Gasteiger partial charge in [-0.3, -0.25) is 9.36 Å². The molecule has 0 aromatic heterocycles. The molecule has 27 heavy (non-hydrogen) atoms. The van der Waals surface area contributed by atoms with Crippen molar-refractivity contribution in [3.05, 3.63) is 64.7 Å². The van der Waals surface area contributed by atoms with E-state index in [2.05, 4.69) is 0 Å². The van der Waals surface area contributed by atoms with Crippen LogP contribution in [0.25, 0.3) is 0 Å². The van der Waals surface area contributed by atoms with E-state index < -0.39 is 18.4 Å². The minimum absolute atomic E-state index is 0.0851. The number of rotatable bonds is 5. The fraction of sp³-hybridized carbons (Fsp3) is 0.364. The molecule has 2 rings (SSSR count). The molecule has 0 aliphatic heterocycles. The average Bonchev–Trinajstić information content (AvgIpc) is 2.58. The lowest BCUT2D eigenvalue weighted by molar-refractivity contribution is 0.106. The monoisotopic (exact) mass is 386 g/mol. The summed E-state index contributed by atoms with van der Waals surface area (Å²) >= 11 is 0. The van der Waals surface area contributed by atoms with E-state index in [1.165, 1.54) is 0 Å². The highest BCUT2D eigenvalue weighted by molar-refractivity contribution is 8.00. The standard InChI is InChI=1S/C22H27O4P/c1-15-12-16(2)19(17(3)13-15)20(23)27(25,18-10-8-7-9-11-18)21(24)26-14-22(4,5)6/h7-13H,14H2,1-6H3. The minimum atomic E-state index is -4.13. The van der Waals surface area contributed by atoms with Crippen molar-refractivity contribution in [1.29, 1.82) is 0 Å². The van der Waals surface area contributed by atoms with E-state index in [9.17, 15) is 14.2 Å². The van der Waals surface area contributed by atoms with Gasteiger partial charge in [0, 0.05) is 10.9 Å². The molecule has 0 N–H and O–H groups in total. The molecule has 0 spiro atoms. The molecule has 2 aromatic rings. The van der Waals surface area contributed by atoms with Crippen LogP contribution < -0.4 is 5.30 Å². The Morgan fingerprint density at radius 1 is 0.963 bits per heavy atom. The lowest BCUT2D eigenvalue weighted by Gasteiger charge is -2.22. The summed E-state index contributed by atoms with van der Waals surface area (Å²) in [6.45, 7) is 11.3. The van der Waals surface area contributed by atoms with Gasteiger partial charge in [-0.2, -0.15) is 0 Å². The quantitative estimate of drug-likeness (QED) is 0.626. The summed E-state index contributed by atoms with van der Waals surface area (Å²) < 4.78 is 19.2. The Hall–Kier alpha value is -2.19. The predicted molar refractivity (Wildman–Crippen MR) is 109 cm³/mol. The maximum Gasteiger partial charge on any atom is 0.376 e. The minimum Gasteiger partial charge on any atom is -0.459 e. The number of aryl methyl sites for hydroxylation is 3. The Labute approximate surface area is 161 Å². The van der Waals surface area contributed by atoms with Gasteiger partial charge in [-0.15, -0.1) is 0 Å². The topological polar surface area (TPSA) is 60.4 Å². The molecule has 2 aromatic carbocycles. The maximum atomic E-state index is 13.9. The molecule has 0 aliphatic rings. The van der Waals surface area contributed by atoms with Crippen LogP contribution in [0.2, 0.25) is 0 Å². The van der Waals surface area contributed by atoms with Crippen molar-refractivity contribution in [2.24, 2.45) is 5.41 Å². The zero-order valence-electron chi connectivity index (χ0n) is 16.8. The van der Waals surface area contributed by atoms with Gasteiger partial charge in [0.25, 0.3) is 7.14 Å². The highest BCUT2D eigenvalue weighted by Crippen LogP contribution is 2.51. The summed E-state index contributed by atoms with van der Waals surface area (Å²) in [5, 5.41) is 0.202. The van der Waals surface area contributed by atoms with Crippen LogP contribution in [-0.2, 0) is 9.30 Å². The molecule has 5 heteroatoms. The number of hydrogen-bond acceptors (Lipinski definition) is 4. The molecule has 1 unspecified atom stereocenters. The van der Waals surface area contributed by atoms with Crippen molar-refractivity contribution in [2.45, 2.75) is 41.5 Å². The Kier molecular flexibility index (Phi) is 6.11. The average molecular weight is 386 g/mol. The molecule has 0 amide bonds. The van der Waals surface area contributed by atoms with Crippen LogP contribution in [0.15, 0.2) is 42.5 Å². The van der Waals surface area contributed by atoms with Gasteiger partial charge in [0.1, 0.15) is 0 Å². The van der Waals surface area contributed by atoms with E-state index in [0.29, 0.717) is 16.7 Å². The number of ether oxygens (including phenoxy) is 1. The first-order valence-corrected chi connectivity index (χ1v) is 10.6. The molecule has 0 saturated heterocycles. The van der Waals surface area contributed by atoms with Gasteiger partial charge < -0.3 is 4.74 Å². The molecule has 144 valence electrons. The first-order valence-electron chi connectivity index (χ1n) is 8.92. The normalized spacial score (nSPS) is 13.7. The fourth-order valence-corrected chi connectivity index (χ4v) is 5.10. The van der Waals surface area contributed by atoms with Crippen LogP contribution in [0.1, 0.15) is 47.8 Å². The third kappa shape index (κ3) is 4.56. The van der Waals surface area contributed by atoms with Crippen LogP contribution in [0.4, 0.5) is 4.79 Å². The molecular formula is C22H27O4P. The van der Waals surface area contributed by atoms with Gasteiger partial charge >= 0.3 is 5.71 Å². The first-order chi connectivity index (χ1) is 12.5. The second-order valence-electron chi connectivity index (χ2n) is 8.14. The van der Waals surface area contributed by atoms with E-state index in [4.69, 9.17) is 4.74 Å². The molecular weight excluding hydrogens is 359 g/mol. The largest absolute Gasteiger partial charge is 0.459 e. The van der Waals surface area contributed by atoms with Crippen molar-refractivity contribution in [3.8, 4) is 0 Å². The van der Waals surface area contributed by atoms with Gasteiger partial charge in [0.15, 0.2) is 0 Å². The molecule has 0 fully saturated rings. The number of carbonyl (C=O) groups is 2. The summed E-state index contributed by atoms with van der Waals surface area (Å²) in [6.07, 6.45) is 0. The highest BCUT2D eigenvalue weighted by Gasteiger charge is 2.45. The van der Waals surface area contributed by atoms with Crippen molar-refractivity contribution in [3.63, 3.8) is 0 Å². The summed E-state index contributed by atoms with van der Waals surface area (Å²) in [7, 11) is -4.13. The molecule has 0 bridgehead atoms. The number of hydrogen-bond donors (Lipinski definition) is 0. The lowest BCUT2D eigenvalue weighted by atomic mass is 9.99. The molecule has 0 saturated carbocycles. The Morgan fingerprint density at radius 3 is 1.96 bits per heavy atom. The number of benzene rings is 2. The van der Waals surface area contributed by atoms with Gasteiger partial charge in [-0.1, -0.05) is 68.8 Å². The maximum absolute atomic E-state index is 13.9. The second-order valence-corrected chi connectivity index (χ2v) is 10.6. The summed E-state index contributed by atoms with van der Waals surface area (Å²) in [4.78, 5) is 26.3. The van der Waals surface area contributed by atoms with Gasteiger partial charge in [0.2, 0.25) is 5.52 Å². The predicted octanol–water partition coefficient (Wildman–Crippen LogP) is 5.62. The second kappa shape index (κ2) is 7.82. The zero-order valence-corrected chi connectivity index (χ0v) is 17.7. The Balaban J connectivity index is 2.59. The van der Waals surface area contributed by atoms with E-state index in [0.717, 1.165) is 5.56 Å². The highest BCUT2D eigenvalue weighted by atomic mass is 31.2. The Bertz CT molecular complexity index is 885. The van der Waals surface area contributed by atoms with Gasteiger partial charge in [-0.05, 0) is 37.3 Å². The van der Waals surface area contributed by atoms with Gasteiger partial charge in [-0.25, -0.2) is 4.79 Å². The Morgan fingerprint density at radius 2 is 1.48 bits per heavy atom. The van der Waals surface area contributed by atoms with Crippen LogP contribution in [0.3, 0.4) is 0 Å². The van der Waals surface area contributed by atoms with E-state index in [1.54, 1.807) is 44.2 Å². The third-order valence-electron chi connectivity index (χ3n) is 4.18. The summed E-state index contributed by atoms with van der Waals surface area (Å²) in [5.74, 6) is 0. The van der Waals surface area contributed by atoms with Crippen molar-refractivity contribution < 1.29 is 18.9 Å². The van der Waals surface area contributed by atoms with Crippen LogP contribution >= 0.6 is 7.14 Å². The lowest BCUT2D eigenvalue weighted by Crippen LogP contribution is -2.25. The van der Waals surface area contributed by atoms with Crippen molar-refractivity contribution >= 4 is 23.7 Å². The SMILES string of the molecule is Cc1cc(C)c(C(=O)P(=O)(C(=O)OCC(C)(C)C)c2ccccc2)c(C)c1.